The van der Waals surface area contributed by atoms with Crippen molar-refractivity contribution in [2.24, 2.45) is 0 Å². The molecule has 3 aromatic rings. The van der Waals surface area contributed by atoms with Gasteiger partial charge in [0.2, 0.25) is 5.91 Å². The van der Waals surface area contributed by atoms with Crippen LogP contribution in [0.15, 0.2) is 42.7 Å². The van der Waals surface area contributed by atoms with Crippen LogP contribution >= 0.6 is 34.8 Å². The summed E-state index contributed by atoms with van der Waals surface area (Å²) >= 11 is 17.7. The largest absolute Gasteiger partial charge is 0.326 e. The monoisotopic (exact) mass is 353 g/mol. The third kappa shape index (κ3) is 3.53. The highest BCUT2D eigenvalue weighted by molar-refractivity contribution is 6.35. The Kier molecular flexibility index (Phi) is 4.25. The molecular formula is C15H10Cl3N3O. The van der Waals surface area contributed by atoms with E-state index in [-0.39, 0.29) is 12.3 Å². The molecule has 0 unspecified atom stereocenters. The van der Waals surface area contributed by atoms with E-state index in [4.69, 9.17) is 34.8 Å². The highest BCUT2D eigenvalue weighted by atomic mass is 35.5. The fourth-order valence-corrected chi connectivity index (χ4v) is 2.79. The van der Waals surface area contributed by atoms with Crippen molar-refractivity contribution < 1.29 is 4.79 Å². The van der Waals surface area contributed by atoms with E-state index in [0.29, 0.717) is 26.4 Å². The number of aromatic nitrogens is 2. The van der Waals surface area contributed by atoms with Crippen LogP contribution in [0.3, 0.4) is 0 Å². The van der Waals surface area contributed by atoms with Gasteiger partial charge < -0.3 is 9.72 Å². The molecule has 2 aromatic heterocycles. The van der Waals surface area contributed by atoms with Crippen molar-refractivity contribution in [3.8, 4) is 0 Å². The zero-order chi connectivity index (χ0) is 15.7. The van der Waals surface area contributed by atoms with E-state index in [1.807, 2.05) is 0 Å². The molecule has 2 heterocycles. The van der Waals surface area contributed by atoms with E-state index >= 15 is 0 Å². The molecule has 0 aliphatic heterocycles. The number of carbonyl (C=O) groups is 1. The lowest BCUT2D eigenvalue weighted by atomic mass is 10.3. The van der Waals surface area contributed by atoms with Gasteiger partial charge in [-0.1, -0.05) is 34.8 Å². The summed E-state index contributed by atoms with van der Waals surface area (Å²) in [6, 6.07) is 8.41. The number of carbonyl (C=O) groups excluding carboxylic acids is 1. The Morgan fingerprint density at radius 1 is 1.05 bits per heavy atom. The van der Waals surface area contributed by atoms with Crippen LogP contribution in [0.5, 0.6) is 0 Å². The maximum Gasteiger partial charge on any atom is 0.230 e. The minimum Gasteiger partial charge on any atom is -0.326 e. The maximum atomic E-state index is 12.1. The van der Waals surface area contributed by atoms with E-state index in [9.17, 15) is 4.79 Å². The molecule has 0 spiro atoms. The van der Waals surface area contributed by atoms with Crippen molar-refractivity contribution in [1.29, 1.82) is 0 Å². The molecule has 0 atom stereocenters. The quantitative estimate of drug-likeness (QED) is 0.754. The minimum absolute atomic E-state index is 0.142. The van der Waals surface area contributed by atoms with Crippen LogP contribution in [0, 0.1) is 0 Å². The molecule has 0 aliphatic rings. The summed E-state index contributed by atoms with van der Waals surface area (Å²) in [5, 5.41) is 4.28. The van der Waals surface area contributed by atoms with Gasteiger partial charge in [-0.15, -0.1) is 0 Å². The van der Waals surface area contributed by atoms with Crippen molar-refractivity contribution in [2.45, 2.75) is 6.42 Å². The maximum absolute atomic E-state index is 12.1. The van der Waals surface area contributed by atoms with Crippen molar-refractivity contribution in [3.63, 3.8) is 0 Å². The summed E-state index contributed by atoms with van der Waals surface area (Å²) in [5.74, 6) is -0.201. The first-order chi connectivity index (χ1) is 10.5. The second kappa shape index (κ2) is 6.16. The Morgan fingerprint density at radius 3 is 2.50 bits per heavy atom. The summed E-state index contributed by atoms with van der Waals surface area (Å²) in [6.07, 6.45) is 3.65. The fraction of sp³-hybridized carbons (Fsp3) is 0.0667. The van der Waals surface area contributed by atoms with Gasteiger partial charge in [-0.05, 0) is 30.3 Å². The van der Waals surface area contributed by atoms with Gasteiger partial charge in [-0.3, -0.25) is 4.79 Å². The zero-order valence-electron chi connectivity index (χ0n) is 11.2. The third-order valence-corrected chi connectivity index (χ3v) is 3.61. The number of anilines is 1. The lowest BCUT2D eigenvalue weighted by Gasteiger charge is -2.05. The number of amides is 1. The van der Waals surface area contributed by atoms with Crippen molar-refractivity contribution >= 4 is 52.0 Å². The molecule has 4 nitrogen and oxygen atoms in total. The van der Waals surface area contributed by atoms with Gasteiger partial charge in [0.25, 0.3) is 0 Å². The lowest BCUT2D eigenvalue weighted by molar-refractivity contribution is -0.115. The smallest absolute Gasteiger partial charge is 0.230 e. The van der Waals surface area contributed by atoms with Gasteiger partial charge in [0.05, 0.1) is 17.1 Å². The summed E-state index contributed by atoms with van der Waals surface area (Å²) in [6.45, 7) is 0. The number of pyridine rings is 1. The predicted molar refractivity (Wildman–Crippen MR) is 89.0 cm³/mol. The van der Waals surface area contributed by atoms with Crippen LogP contribution in [0.4, 0.5) is 5.69 Å². The Bertz CT molecular complexity index is 840. The Morgan fingerprint density at radius 2 is 1.77 bits per heavy atom. The van der Waals surface area contributed by atoms with Crippen LogP contribution in [0.1, 0.15) is 5.69 Å². The molecule has 0 saturated carbocycles. The van der Waals surface area contributed by atoms with Gasteiger partial charge in [0, 0.05) is 28.1 Å². The molecule has 22 heavy (non-hydrogen) atoms. The molecule has 3 rings (SSSR count). The second-order valence-electron chi connectivity index (χ2n) is 4.73. The van der Waals surface area contributed by atoms with Crippen LogP contribution in [0.2, 0.25) is 15.1 Å². The summed E-state index contributed by atoms with van der Waals surface area (Å²) in [4.78, 5) is 16.4. The molecular weight excluding hydrogens is 345 g/mol. The first-order valence-electron chi connectivity index (χ1n) is 6.39. The number of rotatable bonds is 3. The molecule has 1 amide bonds. The van der Waals surface area contributed by atoms with Gasteiger partial charge in [0.1, 0.15) is 5.65 Å². The third-order valence-electron chi connectivity index (χ3n) is 2.95. The average molecular weight is 355 g/mol. The molecule has 0 aliphatic carbocycles. The molecule has 0 radical (unpaired) electrons. The number of imidazole rings is 1. The number of fused-ring (bicyclic) bond motifs is 1. The van der Waals surface area contributed by atoms with E-state index in [1.54, 1.807) is 47.1 Å². The first-order valence-corrected chi connectivity index (χ1v) is 7.52. The SMILES string of the molecule is O=C(Cc1cn2cc(Cl)ccc2n1)Nc1cc(Cl)cc(Cl)c1. The first kappa shape index (κ1) is 15.2. The summed E-state index contributed by atoms with van der Waals surface area (Å²) < 4.78 is 1.78. The van der Waals surface area contributed by atoms with Crippen LogP contribution < -0.4 is 5.32 Å². The summed E-state index contributed by atoms with van der Waals surface area (Å²) in [5.41, 5.74) is 1.93. The standard InChI is InChI=1S/C15H10Cl3N3O/c16-9-1-2-14-19-13(8-21(14)7-9)6-15(22)20-12-4-10(17)3-11(18)5-12/h1-5,7-8H,6H2,(H,20,22). The predicted octanol–water partition coefficient (Wildman–Crippen LogP) is 4.48. The van der Waals surface area contributed by atoms with E-state index in [2.05, 4.69) is 10.3 Å². The Hall–Kier alpha value is -1.75. The number of nitrogens with zero attached hydrogens (tertiary/aromatic N) is 2. The molecule has 0 saturated heterocycles. The fourth-order valence-electron chi connectivity index (χ4n) is 2.10. The normalized spacial score (nSPS) is 10.9. The number of hydrogen-bond donors (Lipinski definition) is 1. The number of halogens is 3. The molecule has 7 heteroatoms. The Labute approximate surface area is 141 Å². The van der Waals surface area contributed by atoms with E-state index < -0.39 is 0 Å². The highest BCUT2D eigenvalue weighted by Gasteiger charge is 2.09. The lowest BCUT2D eigenvalue weighted by Crippen LogP contribution is -2.14. The molecule has 1 N–H and O–H groups in total. The second-order valence-corrected chi connectivity index (χ2v) is 6.04. The van der Waals surface area contributed by atoms with Gasteiger partial charge >= 0.3 is 0 Å². The molecule has 112 valence electrons. The molecule has 0 bridgehead atoms. The molecule has 1 aromatic carbocycles. The van der Waals surface area contributed by atoms with Crippen molar-refractivity contribution in [2.75, 3.05) is 5.32 Å². The van der Waals surface area contributed by atoms with E-state index in [1.165, 1.54) is 0 Å². The van der Waals surface area contributed by atoms with Gasteiger partial charge in [-0.25, -0.2) is 4.98 Å². The minimum atomic E-state index is -0.201. The topological polar surface area (TPSA) is 46.4 Å². The molecule has 0 fully saturated rings. The number of benzene rings is 1. The highest BCUT2D eigenvalue weighted by Crippen LogP contribution is 2.22. The summed E-state index contributed by atoms with van der Waals surface area (Å²) in [7, 11) is 0. The van der Waals surface area contributed by atoms with Gasteiger partial charge in [0.15, 0.2) is 0 Å². The van der Waals surface area contributed by atoms with Crippen LogP contribution in [0.25, 0.3) is 5.65 Å². The Balaban J connectivity index is 1.75. The van der Waals surface area contributed by atoms with Crippen molar-refractivity contribution in [1.82, 2.24) is 9.38 Å². The average Bonchev–Trinajstić information content (AvgIpc) is 2.78. The van der Waals surface area contributed by atoms with E-state index in [0.717, 1.165) is 5.65 Å². The zero-order valence-corrected chi connectivity index (χ0v) is 13.5. The van der Waals surface area contributed by atoms with Gasteiger partial charge in [-0.2, -0.15) is 0 Å². The number of hydrogen-bond acceptors (Lipinski definition) is 2. The van der Waals surface area contributed by atoms with Crippen LogP contribution in [-0.4, -0.2) is 15.3 Å². The van der Waals surface area contributed by atoms with Crippen molar-refractivity contribution in [3.05, 3.63) is 63.5 Å². The van der Waals surface area contributed by atoms with Crippen LogP contribution in [-0.2, 0) is 11.2 Å². The number of nitrogens with one attached hydrogen (secondary N) is 1.